The largest absolute Gasteiger partial charge is 0.491 e. The molecule has 1 aromatic carbocycles. The van der Waals surface area contributed by atoms with Gasteiger partial charge in [-0.2, -0.15) is 0 Å². The van der Waals surface area contributed by atoms with Gasteiger partial charge in [-0.15, -0.1) is 0 Å². The second kappa shape index (κ2) is 5.47. The molecule has 0 bridgehead atoms. The molecule has 0 saturated carbocycles. The van der Waals surface area contributed by atoms with Gasteiger partial charge in [0, 0.05) is 17.8 Å². The van der Waals surface area contributed by atoms with Gasteiger partial charge in [-0.05, 0) is 30.0 Å². The fourth-order valence-corrected chi connectivity index (χ4v) is 2.35. The van der Waals surface area contributed by atoms with Crippen molar-refractivity contribution in [1.82, 2.24) is 4.90 Å². The quantitative estimate of drug-likeness (QED) is 0.801. The van der Waals surface area contributed by atoms with E-state index in [1.165, 1.54) is 5.56 Å². The third-order valence-corrected chi connectivity index (χ3v) is 3.48. The number of hydrogen-bond acceptors (Lipinski definition) is 2. The molecular weight excluding hydrogens is 222 g/mol. The summed E-state index contributed by atoms with van der Waals surface area (Å²) in [6, 6.07) is 6.48. The van der Waals surface area contributed by atoms with E-state index in [1.54, 1.807) is 0 Å². The Morgan fingerprint density at radius 1 is 1.39 bits per heavy atom. The van der Waals surface area contributed by atoms with Crippen LogP contribution in [0.4, 0.5) is 0 Å². The second-order valence-electron chi connectivity index (χ2n) is 5.19. The maximum absolute atomic E-state index is 5.83. The first-order valence-corrected chi connectivity index (χ1v) is 6.84. The van der Waals surface area contributed by atoms with Gasteiger partial charge in [0.2, 0.25) is 0 Å². The third kappa shape index (κ3) is 2.53. The lowest BCUT2D eigenvalue weighted by Gasteiger charge is -2.23. The van der Waals surface area contributed by atoms with E-state index in [9.17, 15) is 0 Å². The first-order valence-electron chi connectivity index (χ1n) is 6.84. The maximum Gasteiger partial charge on any atom is 0.128 e. The Labute approximate surface area is 110 Å². The highest BCUT2D eigenvalue weighted by Gasteiger charge is 2.18. The molecule has 0 N–H and O–H groups in total. The van der Waals surface area contributed by atoms with Crippen molar-refractivity contribution in [2.75, 3.05) is 19.7 Å². The van der Waals surface area contributed by atoms with Gasteiger partial charge < -0.3 is 9.64 Å². The molecule has 0 spiro atoms. The molecule has 1 aliphatic heterocycles. The minimum absolute atomic E-state index is 0.533. The monoisotopic (exact) mass is 245 g/mol. The van der Waals surface area contributed by atoms with Gasteiger partial charge in [0.15, 0.2) is 0 Å². The first-order chi connectivity index (χ1) is 8.63. The fourth-order valence-electron chi connectivity index (χ4n) is 2.35. The van der Waals surface area contributed by atoms with Gasteiger partial charge in [-0.25, -0.2) is 0 Å². The van der Waals surface area contributed by atoms with Crippen LogP contribution in [0, 0.1) is 0 Å². The smallest absolute Gasteiger partial charge is 0.128 e. The van der Waals surface area contributed by atoms with Crippen molar-refractivity contribution >= 4 is 5.70 Å². The molecule has 0 radical (unpaired) electrons. The Hall–Kier alpha value is -1.44. The van der Waals surface area contributed by atoms with Crippen molar-refractivity contribution in [2.45, 2.75) is 33.1 Å². The minimum atomic E-state index is 0.533. The van der Waals surface area contributed by atoms with Crippen LogP contribution in [-0.2, 0) is 0 Å². The number of rotatable bonds is 3. The summed E-state index contributed by atoms with van der Waals surface area (Å²) in [4.78, 5) is 2.33. The van der Waals surface area contributed by atoms with E-state index in [1.807, 2.05) is 0 Å². The summed E-state index contributed by atoms with van der Waals surface area (Å²) >= 11 is 0. The lowest BCUT2D eigenvalue weighted by molar-refractivity contribution is 0.275. The summed E-state index contributed by atoms with van der Waals surface area (Å²) in [5, 5.41) is 0. The molecular formula is C16H23NO. The molecule has 1 heterocycles. The van der Waals surface area contributed by atoms with Crippen molar-refractivity contribution in [3.8, 4) is 5.75 Å². The van der Waals surface area contributed by atoms with E-state index in [-0.39, 0.29) is 0 Å². The average Bonchev–Trinajstić information content (AvgIpc) is 2.50. The predicted molar refractivity (Wildman–Crippen MR) is 76.9 cm³/mol. The lowest BCUT2D eigenvalue weighted by Crippen LogP contribution is -2.25. The Morgan fingerprint density at radius 3 is 2.83 bits per heavy atom. The van der Waals surface area contributed by atoms with E-state index in [0.717, 1.165) is 43.1 Å². The van der Waals surface area contributed by atoms with Crippen molar-refractivity contribution in [1.29, 1.82) is 0 Å². The van der Waals surface area contributed by atoms with Crippen LogP contribution in [0.15, 0.2) is 24.8 Å². The van der Waals surface area contributed by atoms with Crippen LogP contribution >= 0.6 is 0 Å². The highest BCUT2D eigenvalue weighted by Crippen LogP contribution is 2.32. The van der Waals surface area contributed by atoms with Crippen LogP contribution in [0.1, 0.15) is 44.2 Å². The summed E-state index contributed by atoms with van der Waals surface area (Å²) in [7, 11) is 0. The first kappa shape index (κ1) is 13.0. The zero-order valence-corrected chi connectivity index (χ0v) is 11.7. The van der Waals surface area contributed by atoms with Gasteiger partial charge in [0.05, 0.1) is 6.54 Å². The van der Waals surface area contributed by atoms with Crippen LogP contribution in [0.5, 0.6) is 5.75 Å². The zero-order valence-electron chi connectivity index (χ0n) is 11.7. The van der Waals surface area contributed by atoms with E-state index >= 15 is 0 Å². The Bertz CT molecular complexity index is 437. The summed E-state index contributed by atoms with van der Waals surface area (Å²) in [5.41, 5.74) is 3.61. The van der Waals surface area contributed by atoms with Crippen LogP contribution < -0.4 is 4.74 Å². The second-order valence-corrected chi connectivity index (χ2v) is 5.19. The van der Waals surface area contributed by atoms with E-state index in [2.05, 4.69) is 50.4 Å². The lowest BCUT2D eigenvalue weighted by atomic mass is 9.99. The number of hydrogen-bond donors (Lipinski definition) is 0. The van der Waals surface area contributed by atoms with Crippen LogP contribution in [0.25, 0.3) is 5.70 Å². The van der Waals surface area contributed by atoms with E-state index in [4.69, 9.17) is 4.74 Å². The topological polar surface area (TPSA) is 12.5 Å². The predicted octanol–water partition coefficient (Wildman–Crippen LogP) is 3.89. The van der Waals surface area contributed by atoms with E-state index < -0.39 is 0 Å². The molecule has 0 aromatic heterocycles. The summed E-state index contributed by atoms with van der Waals surface area (Å²) in [6.45, 7) is 13.6. The zero-order chi connectivity index (χ0) is 13.1. The molecule has 0 aliphatic carbocycles. The number of fused-ring (bicyclic) bond motifs is 1. The fraction of sp³-hybridized carbons (Fsp3) is 0.500. The van der Waals surface area contributed by atoms with Gasteiger partial charge in [-0.1, -0.05) is 33.4 Å². The molecule has 1 aromatic rings. The molecule has 0 fully saturated rings. The Balaban J connectivity index is 2.37. The summed E-state index contributed by atoms with van der Waals surface area (Å²) < 4.78 is 5.83. The number of ether oxygens (including phenoxy) is 1. The molecule has 2 nitrogen and oxygen atoms in total. The standard InChI is InChI=1S/C16H23NO/c1-5-8-17-9-10-18-16-7-6-14(12(2)3)11-15(16)13(17)4/h6-7,11-12H,4-5,8-10H2,1-3H3. The SMILES string of the molecule is C=C1c2cc(C(C)C)ccc2OCCN1CCC. The van der Waals surface area contributed by atoms with Crippen LogP contribution in [-0.4, -0.2) is 24.6 Å². The van der Waals surface area contributed by atoms with Crippen molar-refractivity contribution in [3.63, 3.8) is 0 Å². The molecule has 98 valence electrons. The van der Waals surface area contributed by atoms with Crippen molar-refractivity contribution in [3.05, 3.63) is 35.9 Å². The third-order valence-electron chi connectivity index (χ3n) is 3.48. The molecule has 18 heavy (non-hydrogen) atoms. The Morgan fingerprint density at radius 2 is 2.17 bits per heavy atom. The molecule has 0 unspecified atom stereocenters. The highest BCUT2D eigenvalue weighted by atomic mass is 16.5. The number of nitrogens with zero attached hydrogens (tertiary/aromatic N) is 1. The van der Waals surface area contributed by atoms with Crippen LogP contribution in [0.3, 0.4) is 0 Å². The van der Waals surface area contributed by atoms with Gasteiger partial charge >= 0.3 is 0 Å². The molecule has 0 atom stereocenters. The van der Waals surface area contributed by atoms with Crippen molar-refractivity contribution in [2.24, 2.45) is 0 Å². The normalized spacial score (nSPS) is 15.3. The van der Waals surface area contributed by atoms with Gasteiger partial charge in [0.25, 0.3) is 0 Å². The summed E-state index contributed by atoms with van der Waals surface area (Å²) in [6.07, 6.45) is 1.14. The Kier molecular flexibility index (Phi) is 3.95. The molecule has 2 heteroatoms. The molecule has 0 saturated heterocycles. The van der Waals surface area contributed by atoms with Crippen LogP contribution in [0.2, 0.25) is 0 Å². The van der Waals surface area contributed by atoms with E-state index in [0.29, 0.717) is 5.92 Å². The average molecular weight is 245 g/mol. The molecule has 2 rings (SSSR count). The van der Waals surface area contributed by atoms with Crippen molar-refractivity contribution < 1.29 is 4.74 Å². The van der Waals surface area contributed by atoms with Gasteiger partial charge in [-0.3, -0.25) is 0 Å². The highest BCUT2D eigenvalue weighted by molar-refractivity contribution is 5.69. The maximum atomic E-state index is 5.83. The minimum Gasteiger partial charge on any atom is -0.491 e. The summed E-state index contributed by atoms with van der Waals surface area (Å²) in [5.74, 6) is 1.51. The molecule has 0 amide bonds. The molecule has 1 aliphatic rings. The van der Waals surface area contributed by atoms with Gasteiger partial charge in [0.1, 0.15) is 12.4 Å². The number of benzene rings is 1.